The Hall–Kier alpha value is -2.95. The molecule has 1 spiro atoms. The van der Waals surface area contributed by atoms with Crippen LogP contribution in [-0.2, 0) is 30.9 Å². The van der Waals surface area contributed by atoms with Crippen LogP contribution in [0.5, 0.6) is 0 Å². The number of carbonyl (C=O) groups is 1. The molecular weight excluding hydrogens is 494 g/mol. The largest absolute Gasteiger partial charge is 0.414 e. The highest BCUT2D eigenvalue weighted by Gasteiger charge is 2.45. The predicted octanol–water partition coefficient (Wildman–Crippen LogP) is 4.12. The number of carbonyl (C=O) groups excluding carboxylic acids is 1. The molecule has 2 aromatic rings. The van der Waals surface area contributed by atoms with Gasteiger partial charge in [0.2, 0.25) is 15.9 Å². The molecular formula is C27H33N3O6S. The van der Waals surface area contributed by atoms with Gasteiger partial charge in [-0.05, 0) is 43.9 Å². The molecule has 1 N–H and O–H groups in total. The van der Waals surface area contributed by atoms with Gasteiger partial charge in [0.25, 0.3) is 0 Å². The SMILES string of the molecule is Cc1ccc(S(=O)(=O)N2CCC3(CC2)CC(OC(=O)NC2CCCC2OCc2ccccc2)=NO3)cc1. The topological polar surface area (TPSA) is 107 Å². The smallest absolute Gasteiger partial charge is 0.392 e. The van der Waals surface area contributed by atoms with Crippen LogP contribution in [-0.4, -0.2) is 55.6 Å². The Labute approximate surface area is 217 Å². The van der Waals surface area contributed by atoms with Gasteiger partial charge in [-0.15, -0.1) is 0 Å². The average molecular weight is 528 g/mol. The maximum atomic E-state index is 13.0. The number of amides is 1. The number of hydrogen-bond acceptors (Lipinski definition) is 7. The molecule has 0 aromatic heterocycles. The van der Waals surface area contributed by atoms with Crippen molar-refractivity contribution in [1.29, 1.82) is 0 Å². The highest BCUT2D eigenvalue weighted by atomic mass is 32.2. The fourth-order valence-electron chi connectivity index (χ4n) is 5.16. The van der Waals surface area contributed by atoms with E-state index in [9.17, 15) is 13.2 Å². The normalized spacial score (nSPS) is 23.4. The van der Waals surface area contributed by atoms with E-state index in [2.05, 4.69) is 10.5 Å². The molecule has 1 saturated heterocycles. The van der Waals surface area contributed by atoms with Gasteiger partial charge < -0.3 is 19.6 Å². The number of sulfonamides is 1. The summed E-state index contributed by atoms with van der Waals surface area (Å²) in [7, 11) is -3.57. The first kappa shape index (κ1) is 25.7. The van der Waals surface area contributed by atoms with Crippen molar-refractivity contribution in [3.8, 4) is 0 Å². The van der Waals surface area contributed by atoms with Crippen molar-refractivity contribution in [2.75, 3.05) is 13.1 Å². The minimum absolute atomic E-state index is 0.0688. The number of oxime groups is 1. The van der Waals surface area contributed by atoms with E-state index in [0.717, 1.165) is 30.4 Å². The third-order valence-electron chi connectivity index (χ3n) is 7.38. The Balaban J connectivity index is 1.09. The molecule has 5 rings (SSSR count). The lowest BCUT2D eigenvalue weighted by atomic mass is 9.89. The summed E-state index contributed by atoms with van der Waals surface area (Å²) in [6.45, 7) is 3.05. The Bertz CT molecular complexity index is 1220. The van der Waals surface area contributed by atoms with Crippen LogP contribution in [0.4, 0.5) is 4.79 Å². The summed E-state index contributed by atoms with van der Waals surface area (Å²) in [5.41, 5.74) is 1.45. The summed E-state index contributed by atoms with van der Waals surface area (Å²) < 4.78 is 39.0. The molecule has 1 amide bonds. The molecule has 3 aliphatic rings. The Kier molecular flexibility index (Phi) is 7.50. The van der Waals surface area contributed by atoms with E-state index in [1.54, 1.807) is 24.3 Å². The molecule has 2 heterocycles. The van der Waals surface area contributed by atoms with Gasteiger partial charge in [-0.2, -0.15) is 4.31 Å². The van der Waals surface area contributed by atoms with E-state index in [1.807, 2.05) is 37.3 Å². The van der Waals surface area contributed by atoms with Crippen LogP contribution in [0.1, 0.15) is 49.7 Å². The molecule has 2 aromatic carbocycles. The number of aryl methyl sites for hydroxylation is 1. The van der Waals surface area contributed by atoms with Crippen molar-refractivity contribution in [3.05, 3.63) is 65.7 Å². The quantitative estimate of drug-likeness (QED) is 0.606. The lowest BCUT2D eigenvalue weighted by Gasteiger charge is -2.36. The molecule has 0 radical (unpaired) electrons. The number of benzene rings is 2. The Morgan fingerprint density at radius 3 is 2.57 bits per heavy atom. The van der Waals surface area contributed by atoms with Crippen molar-refractivity contribution in [1.82, 2.24) is 9.62 Å². The third-order valence-corrected chi connectivity index (χ3v) is 9.29. The van der Waals surface area contributed by atoms with Crippen molar-refractivity contribution < 1.29 is 27.5 Å². The Morgan fingerprint density at radius 2 is 1.84 bits per heavy atom. The summed E-state index contributed by atoms with van der Waals surface area (Å²) in [5.74, 6) is 0.215. The van der Waals surface area contributed by atoms with Gasteiger partial charge in [0, 0.05) is 25.9 Å². The molecule has 9 nitrogen and oxygen atoms in total. The molecule has 2 atom stereocenters. The number of alkyl carbamates (subject to hydrolysis) is 1. The van der Waals surface area contributed by atoms with E-state index in [-0.39, 0.29) is 22.9 Å². The zero-order valence-electron chi connectivity index (χ0n) is 21.0. The molecule has 37 heavy (non-hydrogen) atoms. The van der Waals surface area contributed by atoms with E-state index in [4.69, 9.17) is 14.3 Å². The first-order valence-electron chi connectivity index (χ1n) is 12.8. The monoisotopic (exact) mass is 527 g/mol. The molecule has 10 heteroatoms. The van der Waals surface area contributed by atoms with Crippen molar-refractivity contribution in [2.24, 2.45) is 5.16 Å². The lowest BCUT2D eigenvalue weighted by Crippen LogP contribution is -2.47. The molecule has 2 fully saturated rings. The number of hydrogen-bond donors (Lipinski definition) is 1. The first-order chi connectivity index (χ1) is 17.8. The molecule has 0 bridgehead atoms. The van der Waals surface area contributed by atoms with E-state index in [1.165, 1.54) is 4.31 Å². The second kappa shape index (κ2) is 10.8. The first-order valence-corrected chi connectivity index (χ1v) is 14.2. The summed E-state index contributed by atoms with van der Waals surface area (Å²) in [4.78, 5) is 18.6. The Morgan fingerprint density at radius 1 is 1.11 bits per heavy atom. The minimum atomic E-state index is -3.57. The number of piperidine rings is 1. The average Bonchev–Trinajstić information content (AvgIpc) is 3.50. The third kappa shape index (κ3) is 5.97. The fourth-order valence-corrected chi connectivity index (χ4v) is 6.60. The highest BCUT2D eigenvalue weighted by molar-refractivity contribution is 7.89. The summed E-state index contributed by atoms with van der Waals surface area (Å²) in [6, 6.07) is 16.7. The fraction of sp³-hybridized carbons (Fsp3) is 0.481. The minimum Gasteiger partial charge on any atom is -0.392 e. The lowest BCUT2D eigenvalue weighted by molar-refractivity contribution is -0.0506. The van der Waals surface area contributed by atoms with Crippen LogP contribution >= 0.6 is 0 Å². The van der Waals surface area contributed by atoms with Gasteiger partial charge in [0.1, 0.15) is 5.60 Å². The molecule has 1 saturated carbocycles. The highest BCUT2D eigenvalue weighted by Crippen LogP contribution is 2.36. The van der Waals surface area contributed by atoms with Crippen LogP contribution in [0, 0.1) is 6.92 Å². The van der Waals surface area contributed by atoms with Crippen molar-refractivity contribution in [3.63, 3.8) is 0 Å². The van der Waals surface area contributed by atoms with E-state index < -0.39 is 21.7 Å². The van der Waals surface area contributed by atoms with Crippen LogP contribution in [0.3, 0.4) is 0 Å². The molecule has 2 unspecified atom stereocenters. The van der Waals surface area contributed by atoms with Gasteiger partial charge in [0.15, 0.2) is 0 Å². The van der Waals surface area contributed by atoms with Gasteiger partial charge in [0.05, 0.1) is 30.1 Å². The van der Waals surface area contributed by atoms with E-state index in [0.29, 0.717) is 39.0 Å². The van der Waals surface area contributed by atoms with Crippen molar-refractivity contribution in [2.45, 2.75) is 74.7 Å². The summed E-state index contributed by atoms with van der Waals surface area (Å²) >= 11 is 0. The maximum absolute atomic E-state index is 13.0. The second-order valence-corrected chi connectivity index (χ2v) is 12.0. The summed E-state index contributed by atoms with van der Waals surface area (Å²) in [5, 5.41) is 6.93. The zero-order chi connectivity index (χ0) is 25.9. The van der Waals surface area contributed by atoms with Crippen LogP contribution in [0.15, 0.2) is 64.6 Å². The van der Waals surface area contributed by atoms with Crippen LogP contribution in [0.2, 0.25) is 0 Å². The van der Waals surface area contributed by atoms with Crippen LogP contribution < -0.4 is 5.32 Å². The van der Waals surface area contributed by atoms with Crippen molar-refractivity contribution >= 4 is 22.0 Å². The number of rotatable bonds is 6. The molecule has 2 aliphatic heterocycles. The number of nitrogens with one attached hydrogen (secondary N) is 1. The second-order valence-electron chi connectivity index (χ2n) is 10.1. The van der Waals surface area contributed by atoms with E-state index >= 15 is 0 Å². The van der Waals surface area contributed by atoms with Gasteiger partial charge in [-0.3, -0.25) is 0 Å². The predicted molar refractivity (Wildman–Crippen MR) is 137 cm³/mol. The van der Waals surface area contributed by atoms with Gasteiger partial charge in [-0.25, -0.2) is 13.2 Å². The number of ether oxygens (including phenoxy) is 2. The summed E-state index contributed by atoms with van der Waals surface area (Å²) in [6.07, 6.45) is 3.30. The van der Waals surface area contributed by atoms with Gasteiger partial charge in [-0.1, -0.05) is 53.2 Å². The maximum Gasteiger partial charge on any atom is 0.414 e. The zero-order valence-corrected chi connectivity index (χ0v) is 21.8. The molecule has 198 valence electrons. The number of nitrogens with zero attached hydrogens (tertiary/aromatic N) is 2. The van der Waals surface area contributed by atoms with Gasteiger partial charge >= 0.3 is 6.09 Å². The standard InChI is InChI=1S/C27H33N3O6S/c1-20-10-12-22(13-11-20)37(32,33)30-16-14-27(15-17-30)18-25(29-36-27)35-26(31)28-23-8-5-9-24(23)34-19-21-6-3-2-4-7-21/h2-4,6-7,10-13,23-24H,5,8-9,14-19H2,1H3,(H,28,31). The molecule has 1 aliphatic carbocycles. The van der Waals surface area contributed by atoms with Crippen LogP contribution in [0.25, 0.3) is 0 Å².